The monoisotopic (exact) mass is 265 g/mol. The number of nitrogens with zero attached hydrogens (tertiary/aromatic N) is 1. The molecule has 3 N–H and O–H groups in total. The lowest BCUT2D eigenvalue weighted by molar-refractivity contribution is -0.127. The zero-order valence-electron chi connectivity index (χ0n) is 11.8. The summed E-state index contributed by atoms with van der Waals surface area (Å²) in [5, 5.41) is 2.85. The van der Waals surface area contributed by atoms with Gasteiger partial charge in [-0.25, -0.2) is 0 Å². The predicted molar refractivity (Wildman–Crippen MR) is 74.7 cm³/mol. The molecule has 0 aromatic carbocycles. The number of carbonyl (C=O) groups is 1. The Morgan fingerprint density at radius 3 is 2.68 bits per heavy atom. The zero-order chi connectivity index (χ0) is 14.3. The van der Waals surface area contributed by atoms with Crippen LogP contribution in [0.1, 0.15) is 32.9 Å². The highest BCUT2D eigenvalue weighted by molar-refractivity contribution is 5.80. The number of amides is 1. The van der Waals surface area contributed by atoms with Gasteiger partial charge in [-0.3, -0.25) is 9.78 Å². The molecule has 1 heterocycles. The average molecular weight is 265 g/mol. The van der Waals surface area contributed by atoms with Crippen LogP contribution >= 0.6 is 0 Å². The van der Waals surface area contributed by atoms with E-state index in [-0.39, 0.29) is 5.91 Å². The van der Waals surface area contributed by atoms with Gasteiger partial charge in [0.2, 0.25) is 0 Å². The van der Waals surface area contributed by atoms with Crippen molar-refractivity contribution in [2.75, 3.05) is 6.54 Å². The lowest BCUT2D eigenvalue weighted by atomic mass is 10.1. The van der Waals surface area contributed by atoms with Crippen LogP contribution in [0.5, 0.6) is 5.75 Å². The Morgan fingerprint density at radius 1 is 1.42 bits per heavy atom. The third-order valence-corrected chi connectivity index (χ3v) is 2.71. The van der Waals surface area contributed by atoms with Crippen molar-refractivity contribution in [2.24, 2.45) is 11.7 Å². The summed E-state index contributed by atoms with van der Waals surface area (Å²) in [6.07, 6.45) is 2.02. The van der Waals surface area contributed by atoms with E-state index >= 15 is 0 Å². The van der Waals surface area contributed by atoms with E-state index in [2.05, 4.69) is 24.1 Å². The molecule has 5 heteroatoms. The van der Waals surface area contributed by atoms with E-state index in [4.69, 9.17) is 10.5 Å². The van der Waals surface area contributed by atoms with Crippen LogP contribution in [0.15, 0.2) is 18.3 Å². The van der Waals surface area contributed by atoms with Crippen molar-refractivity contribution >= 4 is 5.91 Å². The summed E-state index contributed by atoms with van der Waals surface area (Å²) < 4.78 is 5.52. The largest absolute Gasteiger partial charge is 0.479 e. The summed E-state index contributed by atoms with van der Waals surface area (Å²) in [7, 11) is 0. The van der Waals surface area contributed by atoms with Crippen LogP contribution in [0, 0.1) is 5.92 Å². The quantitative estimate of drug-likeness (QED) is 0.782. The van der Waals surface area contributed by atoms with Gasteiger partial charge >= 0.3 is 0 Å². The smallest absolute Gasteiger partial charge is 0.260 e. The fraction of sp³-hybridized carbons (Fsp3) is 0.571. The lowest BCUT2D eigenvalue weighted by Gasteiger charge is -2.15. The van der Waals surface area contributed by atoms with Gasteiger partial charge in [-0.1, -0.05) is 13.8 Å². The van der Waals surface area contributed by atoms with Crippen molar-refractivity contribution in [3.63, 3.8) is 0 Å². The first kappa shape index (κ1) is 15.4. The molecule has 0 saturated carbocycles. The second kappa shape index (κ2) is 7.74. The first-order valence-corrected chi connectivity index (χ1v) is 6.62. The van der Waals surface area contributed by atoms with Crippen molar-refractivity contribution in [3.05, 3.63) is 24.0 Å². The van der Waals surface area contributed by atoms with Gasteiger partial charge in [0.1, 0.15) is 5.75 Å². The first-order chi connectivity index (χ1) is 9.02. The number of nitrogens with one attached hydrogen (secondary N) is 1. The van der Waals surface area contributed by atoms with E-state index in [1.165, 1.54) is 0 Å². The van der Waals surface area contributed by atoms with E-state index in [0.717, 1.165) is 12.1 Å². The van der Waals surface area contributed by atoms with Crippen molar-refractivity contribution in [1.29, 1.82) is 0 Å². The molecular weight excluding hydrogens is 242 g/mol. The van der Waals surface area contributed by atoms with Gasteiger partial charge < -0.3 is 15.8 Å². The number of hydrogen-bond acceptors (Lipinski definition) is 4. The molecule has 0 radical (unpaired) electrons. The number of hydrogen-bond donors (Lipinski definition) is 2. The van der Waals surface area contributed by atoms with Crippen molar-refractivity contribution in [2.45, 2.75) is 39.8 Å². The lowest BCUT2D eigenvalue weighted by Crippen LogP contribution is -2.37. The third-order valence-electron chi connectivity index (χ3n) is 2.71. The van der Waals surface area contributed by atoms with Crippen LogP contribution in [0.4, 0.5) is 0 Å². The van der Waals surface area contributed by atoms with Gasteiger partial charge in [-0.05, 0) is 31.4 Å². The van der Waals surface area contributed by atoms with Gasteiger partial charge in [0.05, 0.1) is 11.9 Å². The molecule has 1 amide bonds. The van der Waals surface area contributed by atoms with Crippen LogP contribution in [0.3, 0.4) is 0 Å². The fourth-order valence-electron chi connectivity index (χ4n) is 1.49. The second-order valence-electron chi connectivity index (χ2n) is 4.92. The van der Waals surface area contributed by atoms with Gasteiger partial charge in [-0.15, -0.1) is 0 Å². The normalized spacial score (nSPS) is 12.3. The minimum Gasteiger partial charge on any atom is -0.479 e. The molecule has 0 spiro atoms. The Bertz CT molecular complexity index is 390. The summed E-state index contributed by atoms with van der Waals surface area (Å²) in [6, 6.07) is 3.56. The van der Waals surface area contributed by atoms with Crippen molar-refractivity contribution in [1.82, 2.24) is 10.3 Å². The molecule has 0 aliphatic heterocycles. The Hall–Kier alpha value is -1.62. The maximum Gasteiger partial charge on any atom is 0.260 e. The number of pyridine rings is 1. The number of carbonyl (C=O) groups excluding carboxylic acids is 1. The van der Waals surface area contributed by atoms with E-state index in [9.17, 15) is 4.79 Å². The molecular formula is C14H23N3O2. The number of aromatic nitrogens is 1. The van der Waals surface area contributed by atoms with Crippen LogP contribution in [-0.4, -0.2) is 23.5 Å². The molecule has 19 heavy (non-hydrogen) atoms. The number of rotatable bonds is 7. The van der Waals surface area contributed by atoms with Crippen LogP contribution in [0.25, 0.3) is 0 Å². The minimum absolute atomic E-state index is 0.108. The first-order valence-electron chi connectivity index (χ1n) is 6.62. The van der Waals surface area contributed by atoms with E-state index in [0.29, 0.717) is 24.8 Å². The average Bonchev–Trinajstić information content (AvgIpc) is 2.39. The Morgan fingerprint density at radius 2 is 2.16 bits per heavy atom. The Balaban J connectivity index is 2.40. The van der Waals surface area contributed by atoms with E-state index in [1.807, 2.05) is 0 Å². The standard InChI is InChI=1S/C14H23N3O2/c1-10(2)6-7-16-14(18)11(3)19-13-5-4-12(8-15)17-9-13/h4-5,9-11H,6-8,15H2,1-3H3,(H,16,18). The molecule has 1 unspecified atom stereocenters. The molecule has 0 bridgehead atoms. The van der Waals surface area contributed by atoms with Gasteiger partial charge in [0.15, 0.2) is 6.10 Å². The summed E-state index contributed by atoms with van der Waals surface area (Å²) in [4.78, 5) is 15.9. The van der Waals surface area contributed by atoms with Gasteiger partial charge in [0, 0.05) is 13.1 Å². The van der Waals surface area contributed by atoms with Gasteiger partial charge in [0.25, 0.3) is 5.91 Å². The SMILES string of the molecule is CC(C)CCNC(=O)C(C)Oc1ccc(CN)nc1. The molecule has 1 atom stereocenters. The van der Waals surface area contributed by atoms with Crippen LogP contribution in [0.2, 0.25) is 0 Å². The molecule has 1 aromatic rings. The molecule has 5 nitrogen and oxygen atoms in total. The highest BCUT2D eigenvalue weighted by Crippen LogP contribution is 2.11. The number of ether oxygens (including phenoxy) is 1. The Labute approximate surface area is 114 Å². The summed E-state index contributed by atoms with van der Waals surface area (Å²) in [5.41, 5.74) is 6.25. The summed E-state index contributed by atoms with van der Waals surface area (Å²) in [5.74, 6) is 1.04. The van der Waals surface area contributed by atoms with Gasteiger partial charge in [-0.2, -0.15) is 0 Å². The molecule has 0 saturated heterocycles. The number of nitrogens with two attached hydrogens (primary N) is 1. The van der Waals surface area contributed by atoms with Crippen LogP contribution in [-0.2, 0) is 11.3 Å². The molecule has 0 fully saturated rings. The maximum absolute atomic E-state index is 11.8. The highest BCUT2D eigenvalue weighted by atomic mass is 16.5. The molecule has 1 rings (SSSR count). The molecule has 1 aromatic heterocycles. The minimum atomic E-state index is -0.530. The van der Waals surface area contributed by atoms with E-state index in [1.54, 1.807) is 25.3 Å². The van der Waals surface area contributed by atoms with Crippen LogP contribution < -0.4 is 15.8 Å². The molecule has 0 aliphatic rings. The molecule has 0 aliphatic carbocycles. The Kier molecular flexibility index (Phi) is 6.29. The molecule has 106 valence electrons. The second-order valence-corrected chi connectivity index (χ2v) is 4.92. The summed E-state index contributed by atoms with van der Waals surface area (Å²) in [6.45, 7) is 7.04. The topological polar surface area (TPSA) is 77.2 Å². The van der Waals surface area contributed by atoms with Crippen molar-refractivity contribution in [3.8, 4) is 5.75 Å². The highest BCUT2D eigenvalue weighted by Gasteiger charge is 2.14. The zero-order valence-corrected chi connectivity index (χ0v) is 11.8. The van der Waals surface area contributed by atoms with E-state index < -0.39 is 6.10 Å². The maximum atomic E-state index is 11.8. The fourth-order valence-corrected chi connectivity index (χ4v) is 1.49. The van der Waals surface area contributed by atoms with Crippen molar-refractivity contribution < 1.29 is 9.53 Å². The predicted octanol–water partition coefficient (Wildman–Crippen LogP) is 1.47. The summed E-state index contributed by atoms with van der Waals surface area (Å²) >= 11 is 0. The third kappa shape index (κ3) is 5.70.